The smallest absolute Gasteiger partial charge is 0.362 e. The Morgan fingerprint density at radius 2 is 0.973 bits per heavy atom. The standard InChI is InChI=1S/C30H55NO6/c1-5-6-7-8-9-10-11-12-13-14-15-16-17-18-19-20-21-22-23-24-31(25(2)28(32)33,26(3)29(34)35)27(4)30(36)37/h7-8,25-27H,5-6,9-24H2,1-4H3,(H2-,32,33,34,35,36,37)/b8-7+. The van der Waals surface area contributed by atoms with Crippen LogP contribution in [0.15, 0.2) is 12.2 Å². The van der Waals surface area contributed by atoms with E-state index in [1.54, 1.807) is 0 Å². The summed E-state index contributed by atoms with van der Waals surface area (Å²) >= 11 is 0. The molecule has 37 heavy (non-hydrogen) atoms. The zero-order chi connectivity index (χ0) is 28.1. The highest BCUT2D eigenvalue weighted by Gasteiger charge is 2.50. The average molecular weight is 526 g/mol. The van der Waals surface area contributed by atoms with E-state index < -0.39 is 40.5 Å². The molecule has 0 fully saturated rings. The highest BCUT2D eigenvalue weighted by molar-refractivity contribution is 5.76. The molecule has 7 heteroatoms. The number of nitrogens with zero attached hydrogens (tertiary/aromatic N) is 1. The molecule has 0 heterocycles. The van der Waals surface area contributed by atoms with Crippen LogP contribution in [0, 0.1) is 0 Å². The number of unbranched alkanes of at least 4 members (excludes halogenated alkanes) is 15. The van der Waals surface area contributed by atoms with Crippen molar-refractivity contribution < 1.29 is 34.2 Å². The van der Waals surface area contributed by atoms with E-state index >= 15 is 0 Å². The fraction of sp³-hybridized carbons (Fsp3) is 0.833. The van der Waals surface area contributed by atoms with Crippen molar-refractivity contribution in [1.29, 1.82) is 0 Å². The number of carboxylic acids is 3. The third kappa shape index (κ3) is 14.0. The maximum Gasteiger partial charge on any atom is 0.362 e. The molecule has 0 spiro atoms. The summed E-state index contributed by atoms with van der Waals surface area (Å²) in [4.78, 5) is 35.2. The lowest BCUT2D eigenvalue weighted by Crippen LogP contribution is -2.72. The van der Waals surface area contributed by atoms with Gasteiger partial charge in [-0.2, -0.15) is 0 Å². The molecule has 2 N–H and O–H groups in total. The quantitative estimate of drug-likeness (QED) is 0.0846. The van der Waals surface area contributed by atoms with E-state index in [0.29, 0.717) is 6.42 Å². The summed E-state index contributed by atoms with van der Waals surface area (Å²) in [5, 5.41) is 30.9. The first kappa shape index (κ1) is 35.1. The fourth-order valence-electron chi connectivity index (χ4n) is 5.37. The van der Waals surface area contributed by atoms with Gasteiger partial charge in [0, 0.05) is 0 Å². The lowest BCUT2D eigenvalue weighted by atomic mass is 9.99. The number of hydrogen-bond acceptors (Lipinski definition) is 4. The summed E-state index contributed by atoms with van der Waals surface area (Å²) in [7, 11) is 0. The van der Waals surface area contributed by atoms with Crippen molar-refractivity contribution >= 4 is 17.9 Å². The zero-order valence-electron chi connectivity index (χ0n) is 24.1. The monoisotopic (exact) mass is 525 g/mol. The maximum atomic E-state index is 11.8. The third-order valence-corrected chi connectivity index (χ3v) is 8.01. The lowest BCUT2D eigenvalue weighted by Gasteiger charge is -2.49. The minimum atomic E-state index is -1.42. The molecule has 0 rings (SSSR count). The van der Waals surface area contributed by atoms with Gasteiger partial charge >= 0.3 is 11.9 Å². The van der Waals surface area contributed by atoms with Crippen LogP contribution in [0.25, 0.3) is 0 Å². The number of carboxylic acid groups (broad SMARTS) is 3. The number of carbonyl (C=O) groups is 3. The van der Waals surface area contributed by atoms with Gasteiger partial charge in [-0.3, -0.25) is 4.48 Å². The topological polar surface area (TPSA) is 115 Å². The highest BCUT2D eigenvalue weighted by atomic mass is 16.4. The Morgan fingerprint density at radius 3 is 1.32 bits per heavy atom. The van der Waals surface area contributed by atoms with Crippen LogP contribution < -0.4 is 5.11 Å². The summed E-state index contributed by atoms with van der Waals surface area (Å²) < 4.78 is -0.539. The average Bonchev–Trinajstić information content (AvgIpc) is 2.86. The normalized spacial score (nSPS) is 15.8. The second kappa shape index (κ2) is 21.1. The second-order valence-corrected chi connectivity index (χ2v) is 10.7. The van der Waals surface area contributed by atoms with Crippen LogP contribution in [0.2, 0.25) is 0 Å². The van der Waals surface area contributed by atoms with Crippen LogP contribution in [-0.2, 0) is 14.4 Å². The number of hydrogen-bond donors (Lipinski definition) is 2. The van der Waals surface area contributed by atoms with E-state index in [1.807, 2.05) is 0 Å². The van der Waals surface area contributed by atoms with E-state index in [2.05, 4.69) is 19.1 Å². The van der Waals surface area contributed by atoms with Crippen molar-refractivity contribution in [3.63, 3.8) is 0 Å². The SMILES string of the molecule is CCC/C=C/CCCCCCCCCCCCCCCC[N+](C(C)C(=O)[O-])(C(C)C(=O)O)C(C)C(=O)O. The largest absolute Gasteiger partial charge is 0.544 e. The minimum Gasteiger partial charge on any atom is -0.544 e. The van der Waals surface area contributed by atoms with Crippen molar-refractivity contribution in [2.24, 2.45) is 0 Å². The summed E-state index contributed by atoms with van der Waals surface area (Å²) in [6, 6.07) is -3.55. The van der Waals surface area contributed by atoms with Gasteiger partial charge < -0.3 is 20.1 Å². The predicted octanol–water partition coefficient (Wildman–Crippen LogP) is 6.10. The minimum absolute atomic E-state index is 0.186. The molecule has 0 bridgehead atoms. The molecule has 3 unspecified atom stereocenters. The first-order valence-electron chi connectivity index (χ1n) is 14.8. The summed E-state index contributed by atoms with van der Waals surface area (Å²) in [6.45, 7) is 6.55. The van der Waals surface area contributed by atoms with Gasteiger partial charge in [0.2, 0.25) is 0 Å². The van der Waals surface area contributed by atoms with Crippen molar-refractivity contribution in [3.8, 4) is 0 Å². The number of aliphatic carboxylic acids is 3. The van der Waals surface area contributed by atoms with E-state index in [9.17, 15) is 29.7 Å². The summed E-state index contributed by atoms with van der Waals surface area (Å²) in [6.07, 6.45) is 24.7. The molecular formula is C30H55NO6. The fourth-order valence-corrected chi connectivity index (χ4v) is 5.37. The van der Waals surface area contributed by atoms with Gasteiger partial charge in [0.05, 0.1) is 12.5 Å². The Labute approximate surface area is 225 Å². The molecule has 3 atom stereocenters. The number of quaternary nitrogens is 1. The van der Waals surface area contributed by atoms with Crippen LogP contribution in [-0.4, -0.2) is 57.3 Å². The van der Waals surface area contributed by atoms with Gasteiger partial charge in [-0.15, -0.1) is 0 Å². The van der Waals surface area contributed by atoms with Crippen LogP contribution >= 0.6 is 0 Å². The molecule has 0 amide bonds. The molecule has 216 valence electrons. The Morgan fingerprint density at radius 1 is 0.622 bits per heavy atom. The van der Waals surface area contributed by atoms with Crippen LogP contribution in [0.1, 0.15) is 137 Å². The zero-order valence-corrected chi connectivity index (χ0v) is 24.1. The molecule has 0 aromatic heterocycles. The first-order valence-corrected chi connectivity index (χ1v) is 14.8. The van der Waals surface area contributed by atoms with Gasteiger partial charge in [0.25, 0.3) is 0 Å². The first-order chi connectivity index (χ1) is 17.6. The Balaban J connectivity index is 4.11. The van der Waals surface area contributed by atoms with Gasteiger partial charge in [-0.05, 0) is 52.9 Å². The van der Waals surface area contributed by atoms with Gasteiger partial charge in [0.1, 0.15) is 6.04 Å². The predicted molar refractivity (Wildman–Crippen MR) is 147 cm³/mol. The highest BCUT2D eigenvalue weighted by Crippen LogP contribution is 2.27. The summed E-state index contributed by atoms with van der Waals surface area (Å²) in [5.74, 6) is -3.82. The molecule has 0 aliphatic rings. The van der Waals surface area contributed by atoms with Crippen molar-refractivity contribution in [2.45, 2.75) is 155 Å². The van der Waals surface area contributed by atoms with Crippen molar-refractivity contribution in [1.82, 2.24) is 0 Å². The summed E-state index contributed by atoms with van der Waals surface area (Å²) in [5.41, 5.74) is 0. The van der Waals surface area contributed by atoms with Crippen LogP contribution in [0.5, 0.6) is 0 Å². The van der Waals surface area contributed by atoms with Gasteiger partial charge in [0.15, 0.2) is 12.1 Å². The molecule has 0 aliphatic heterocycles. The van der Waals surface area contributed by atoms with Crippen LogP contribution in [0.3, 0.4) is 0 Å². The lowest BCUT2D eigenvalue weighted by molar-refractivity contribution is -0.969. The Bertz CT molecular complexity index is 612. The van der Waals surface area contributed by atoms with Crippen LogP contribution in [0.4, 0.5) is 0 Å². The third-order valence-electron chi connectivity index (χ3n) is 8.01. The van der Waals surface area contributed by atoms with Crippen molar-refractivity contribution in [2.75, 3.05) is 6.54 Å². The molecule has 0 radical (unpaired) electrons. The van der Waals surface area contributed by atoms with E-state index in [-0.39, 0.29) is 6.54 Å². The maximum absolute atomic E-state index is 11.8. The van der Waals surface area contributed by atoms with Gasteiger partial charge in [-0.25, -0.2) is 9.59 Å². The molecule has 7 nitrogen and oxygen atoms in total. The molecule has 0 aliphatic carbocycles. The molecule has 0 saturated heterocycles. The van der Waals surface area contributed by atoms with E-state index in [0.717, 1.165) is 25.7 Å². The number of carbonyl (C=O) groups excluding carboxylic acids is 1. The number of allylic oxidation sites excluding steroid dienone is 2. The molecule has 0 aromatic carbocycles. The van der Waals surface area contributed by atoms with Crippen molar-refractivity contribution in [3.05, 3.63) is 12.2 Å². The molecule has 0 saturated carbocycles. The Kier molecular flexibility index (Phi) is 20.0. The molecular weight excluding hydrogens is 470 g/mol. The molecule has 0 aromatic rings. The second-order valence-electron chi connectivity index (χ2n) is 10.7. The number of rotatable bonds is 25. The Hall–Kier alpha value is -1.89. The van der Waals surface area contributed by atoms with Gasteiger partial charge in [-0.1, -0.05) is 96.1 Å². The van der Waals surface area contributed by atoms with E-state index in [1.165, 1.54) is 97.8 Å². The van der Waals surface area contributed by atoms with E-state index in [4.69, 9.17) is 0 Å².